The molecule has 2 saturated heterocycles. The zero-order chi connectivity index (χ0) is 13.0. The van der Waals surface area contributed by atoms with E-state index in [9.17, 15) is 4.79 Å². The summed E-state index contributed by atoms with van der Waals surface area (Å²) >= 11 is 0. The van der Waals surface area contributed by atoms with Gasteiger partial charge in [0.05, 0.1) is 6.54 Å². The average molecular weight is 253 g/mol. The summed E-state index contributed by atoms with van der Waals surface area (Å²) in [6.07, 6.45) is 5.05. The maximum atomic E-state index is 12.0. The normalized spacial score (nSPS) is 24.4. The Morgan fingerprint density at radius 2 is 2.11 bits per heavy atom. The number of hydrogen-bond acceptors (Lipinski definition) is 3. The maximum Gasteiger partial charge on any atom is 0.236 e. The SMILES string of the molecule is CC(C)N(CC(=O)N1CCC1)CC1CCCCN1. The summed E-state index contributed by atoms with van der Waals surface area (Å²) < 4.78 is 0. The lowest BCUT2D eigenvalue weighted by atomic mass is 10.0. The van der Waals surface area contributed by atoms with Crippen molar-refractivity contribution in [2.75, 3.05) is 32.7 Å². The Kier molecular flexibility index (Phi) is 5.01. The third-order valence-electron chi connectivity index (χ3n) is 4.14. The van der Waals surface area contributed by atoms with Crippen LogP contribution in [0.25, 0.3) is 0 Å². The van der Waals surface area contributed by atoms with Crippen molar-refractivity contribution in [1.29, 1.82) is 0 Å². The van der Waals surface area contributed by atoms with Gasteiger partial charge in [-0.25, -0.2) is 0 Å². The molecule has 0 bridgehead atoms. The van der Waals surface area contributed by atoms with Gasteiger partial charge in [-0.15, -0.1) is 0 Å². The maximum absolute atomic E-state index is 12.0. The lowest BCUT2D eigenvalue weighted by Gasteiger charge is -2.36. The number of piperidine rings is 1. The van der Waals surface area contributed by atoms with E-state index in [0.29, 0.717) is 24.5 Å². The second kappa shape index (κ2) is 6.53. The molecule has 0 aromatic heterocycles. The van der Waals surface area contributed by atoms with Crippen molar-refractivity contribution in [2.24, 2.45) is 0 Å². The molecule has 1 amide bonds. The number of hydrogen-bond donors (Lipinski definition) is 1. The van der Waals surface area contributed by atoms with E-state index in [0.717, 1.165) is 26.2 Å². The Morgan fingerprint density at radius 3 is 2.61 bits per heavy atom. The summed E-state index contributed by atoms with van der Waals surface area (Å²) in [4.78, 5) is 16.3. The van der Waals surface area contributed by atoms with Crippen molar-refractivity contribution in [3.05, 3.63) is 0 Å². The second-order valence-corrected chi connectivity index (χ2v) is 5.90. The summed E-state index contributed by atoms with van der Waals surface area (Å²) in [6.45, 7) is 9.04. The molecule has 1 unspecified atom stereocenters. The Bertz CT molecular complexity index is 270. The van der Waals surface area contributed by atoms with Crippen LogP contribution in [0, 0.1) is 0 Å². The minimum Gasteiger partial charge on any atom is -0.341 e. The molecule has 1 N–H and O–H groups in total. The van der Waals surface area contributed by atoms with Crippen molar-refractivity contribution in [1.82, 2.24) is 15.1 Å². The average Bonchev–Trinajstić information content (AvgIpc) is 2.27. The van der Waals surface area contributed by atoms with Gasteiger partial charge in [-0.05, 0) is 39.7 Å². The van der Waals surface area contributed by atoms with Crippen molar-refractivity contribution < 1.29 is 4.79 Å². The molecule has 4 heteroatoms. The fourth-order valence-corrected chi connectivity index (χ4v) is 2.66. The highest BCUT2D eigenvalue weighted by atomic mass is 16.2. The van der Waals surface area contributed by atoms with Crippen LogP contribution in [-0.4, -0.2) is 60.5 Å². The number of nitrogens with one attached hydrogen (secondary N) is 1. The molecule has 18 heavy (non-hydrogen) atoms. The van der Waals surface area contributed by atoms with Gasteiger partial charge in [-0.2, -0.15) is 0 Å². The van der Waals surface area contributed by atoms with Crippen molar-refractivity contribution in [2.45, 2.75) is 51.6 Å². The Balaban J connectivity index is 1.80. The zero-order valence-electron chi connectivity index (χ0n) is 11.8. The summed E-state index contributed by atoms with van der Waals surface area (Å²) in [6, 6.07) is 1.02. The molecular weight excluding hydrogens is 226 g/mol. The van der Waals surface area contributed by atoms with Crippen LogP contribution in [0.1, 0.15) is 39.5 Å². The first kappa shape index (κ1) is 13.8. The van der Waals surface area contributed by atoms with E-state index in [2.05, 4.69) is 24.1 Å². The van der Waals surface area contributed by atoms with E-state index in [4.69, 9.17) is 0 Å². The first-order valence-electron chi connectivity index (χ1n) is 7.42. The molecule has 0 aromatic rings. The molecule has 2 aliphatic heterocycles. The van der Waals surface area contributed by atoms with E-state index >= 15 is 0 Å². The number of likely N-dealkylation sites (tertiary alicyclic amines) is 1. The number of carbonyl (C=O) groups is 1. The van der Waals surface area contributed by atoms with E-state index in [1.54, 1.807) is 0 Å². The lowest BCUT2D eigenvalue weighted by molar-refractivity contribution is -0.136. The van der Waals surface area contributed by atoms with E-state index in [1.165, 1.54) is 25.7 Å². The van der Waals surface area contributed by atoms with Crippen LogP contribution in [0.4, 0.5) is 0 Å². The van der Waals surface area contributed by atoms with Crippen LogP contribution in [0.2, 0.25) is 0 Å². The van der Waals surface area contributed by atoms with Crippen LogP contribution >= 0.6 is 0 Å². The predicted octanol–water partition coefficient (Wildman–Crippen LogP) is 1.07. The van der Waals surface area contributed by atoms with Gasteiger partial charge >= 0.3 is 0 Å². The smallest absolute Gasteiger partial charge is 0.236 e. The summed E-state index contributed by atoms with van der Waals surface area (Å²) in [7, 11) is 0. The molecule has 104 valence electrons. The highest BCUT2D eigenvalue weighted by Crippen LogP contribution is 2.12. The van der Waals surface area contributed by atoms with Gasteiger partial charge in [0.25, 0.3) is 0 Å². The quantitative estimate of drug-likeness (QED) is 0.796. The van der Waals surface area contributed by atoms with Crippen LogP contribution in [0.3, 0.4) is 0 Å². The third-order valence-corrected chi connectivity index (χ3v) is 4.14. The summed E-state index contributed by atoms with van der Waals surface area (Å²) in [5, 5.41) is 3.57. The molecule has 0 aliphatic carbocycles. The van der Waals surface area contributed by atoms with Gasteiger partial charge in [-0.3, -0.25) is 9.69 Å². The molecule has 2 heterocycles. The van der Waals surface area contributed by atoms with Gasteiger partial charge in [0.15, 0.2) is 0 Å². The fourth-order valence-electron chi connectivity index (χ4n) is 2.66. The molecular formula is C14H27N3O. The van der Waals surface area contributed by atoms with E-state index in [-0.39, 0.29) is 0 Å². The van der Waals surface area contributed by atoms with Crippen LogP contribution in [0.15, 0.2) is 0 Å². The molecule has 0 radical (unpaired) electrons. The first-order chi connectivity index (χ1) is 8.66. The van der Waals surface area contributed by atoms with Crippen molar-refractivity contribution in [3.8, 4) is 0 Å². The molecule has 0 spiro atoms. The van der Waals surface area contributed by atoms with Gasteiger partial charge in [0.2, 0.25) is 5.91 Å². The molecule has 2 rings (SSSR count). The van der Waals surface area contributed by atoms with E-state index in [1.807, 2.05) is 4.90 Å². The van der Waals surface area contributed by atoms with Crippen LogP contribution in [-0.2, 0) is 4.79 Å². The Labute approximate surface area is 111 Å². The van der Waals surface area contributed by atoms with Gasteiger partial charge in [0, 0.05) is 31.7 Å². The highest BCUT2D eigenvalue weighted by Gasteiger charge is 2.25. The summed E-state index contributed by atoms with van der Waals surface area (Å²) in [5.74, 6) is 0.311. The van der Waals surface area contributed by atoms with Crippen molar-refractivity contribution >= 4 is 5.91 Å². The number of rotatable bonds is 5. The number of nitrogens with zero attached hydrogens (tertiary/aromatic N) is 2. The fraction of sp³-hybridized carbons (Fsp3) is 0.929. The molecule has 1 atom stereocenters. The Morgan fingerprint density at radius 1 is 1.33 bits per heavy atom. The molecule has 4 nitrogen and oxygen atoms in total. The Hall–Kier alpha value is -0.610. The first-order valence-corrected chi connectivity index (χ1v) is 7.42. The highest BCUT2D eigenvalue weighted by molar-refractivity contribution is 5.78. The number of amides is 1. The topological polar surface area (TPSA) is 35.6 Å². The molecule has 0 saturated carbocycles. The molecule has 0 aromatic carbocycles. The lowest BCUT2D eigenvalue weighted by Crippen LogP contribution is -2.52. The largest absolute Gasteiger partial charge is 0.341 e. The van der Waals surface area contributed by atoms with E-state index < -0.39 is 0 Å². The minimum atomic E-state index is 0.311. The van der Waals surface area contributed by atoms with Crippen LogP contribution in [0.5, 0.6) is 0 Å². The standard InChI is InChI=1S/C14H27N3O/c1-12(2)17(10-13-6-3-4-7-15-13)11-14(18)16-8-5-9-16/h12-13,15H,3-11H2,1-2H3. The van der Waals surface area contributed by atoms with Gasteiger partial charge in [-0.1, -0.05) is 6.42 Å². The van der Waals surface area contributed by atoms with Gasteiger partial charge in [0.1, 0.15) is 0 Å². The van der Waals surface area contributed by atoms with Crippen molar-refractivity contribution in [3.63, 3.8) is 0 Å². The zero-order valence-corrected chi connectivity index (χ0v) is 11.8. The summed E-state index contributed by atoms with van der Waals surface area (Å²) in [5.41, 5.74) is 0. The minimum absolute atomic E-state index is 0.311. The molecule has 2 aliphatic rings. The van der Waals surface area contributed by atoms with Gasteiger partial charge < -0.3 is 10.2 Å². The van der Waals surface area contributed by atoms with Crippen LogP contribution < -0.4 is 5.32 Å². The second-order valence-electron chi connectivity index (χ2n) is 5.90. The molecule has 2 fully saturated rings. The predicted molar refractivity (Wildman–Crippen MR) is 73.5 cm³/mol. The monoisotopic (exact) mass is 253 g/mol. The third kappa shape index (κ3) is 3.69. The number of carbonyl (C=O) groups excluding carboxylic acids is 1.